The molecule has 1 aliphatic heterocycles. The highest BCUT2D eigenvalue weighted by Gasteiger charge is 2.38. The van der Waals surface area contributed by atoms with Crippen molar-refractivity contribution in [3.05, 3.63) is 0 Å². The van der Waals surface area contributed by atoms with Gasteiger partial charge in [0.15, 0.2) is 0 Å². The molecule has 1 N–H and O–H groups in total. The maximum absolute atomic E-state index is 3.87. The Bertz CT molecular complexity index is 274. The van der Waals surface area contributed by atoms with Crippen LogP contribution in [-0.2, 0) is 0 Å². The van der Waals surface area contributed by atoms with E-state index in [-0.39, 0.29) is 0 Å². The van der Waals surface area contributed by atoms with Gasteiger partial charge in [0.1, 0.15) is 0 Å². The van der Waals surface area contributed by atoms with E-state index >= 15 is 0 Å². The van der Waals surface area contributed by atoms with Crippen molar-refractivity contribution in [1.82, 2.24) is 10.2 Å². The second-order valence-electron chi connectivity index (χ2n) is 8.61. The third kappa shape index (κ3) is 4.46. The van der Waals surface area contributed by atoms with Gasteiger partial charge < -0.3 is 5.32 Å². The third-order valence-electron chi connectivity index (χ3n) is 5.02. The molecular weight excluding hydrogens is 232 g/mol. The number of likely N-dealkylation sites (tertiary alicyclic amines) is 1. The van der Waals surface area contributed by atoms with Gasteiger partial charge in [-0.15, -0.1) is 0 Å². The smallest absolute Gasteiger partial charge is 0.0192 e. The fourth-order valence-corrected chi connectivity index (χ4v) is 4.64. The number of hydrogen-bond donors (Lipinski definition) is 1. The molecule has 2 fully saturated rings. The zero-order valence-corrected chi connectivity index (χ0v) is 13.8. The van der Waals surface area contributed by atoms with Crippen LogP contribution in [0.3, 0.4) is 0 Å². The van der Waals surface area contributed by atoms with Crippen LogP contribution in [0.15, 0.2) is 0 Å². The van der Waals surface area contributed by atoms with Crippen molar-refractivity contribution in [2.24, 2.45) is 10.8 Å². The molecule has 0 amide bonds. The lowest BCUT2D eigenvalue weighted by molar-refractivity contribution is 0.0817. The second-order valence-corrected chi connectivity index (χ2v) is 8.61. The van der Waals surface area contributed by atoms with Crippen molar-refractivity contribution in [2.45, 2.75) is 78.8 Å². The Morgan fingerprint density at radius 2 is 1.58 bits per heavy atom. The molecule has 1 atom stereocenters. The summed E-state index contributed by atoms with van der Waals surface area (Å²) in [7, 11) is 0. The first-order valence-corrected chi connectivity index (χ1v) is 8.25. The normalized spacial score (nSPS) is 29.5. The Balaban J connectivity index is 1.81. The van der Waals surface area contributed by atoms with Crippen molar-refractivity contribution in [3.8, 4) is 0 Å². The zero-order chi connectivity index (χ0) is 14.1. The monoisotopic (exact) mass is 266 g/mol. The predicted molar refractivity (Wildman–Crippen MR) is 83.5 cm³/mol. The van der Waals surface area contributed by atoms with Crippen LogP contribution >= 0.6 is 0 Å². The van der Waals surface area contributed by atoms with E-state index in [1.165, 1.54) is 45.2 Å². The third-order valence-corrected chi connectivity index (χ3v) is 5.02. The lowest BCUT2D eigenvalue weighted by Gasteiger charge is -2.45. The number of nitrogens with one attached hydrogen (secondary N) is 1. The fraction of sp³-hybridized carbons (Fsp3) is 1.00. The number of nitrogens with zero attached hydrogens (tertiary/aromatic N) is 1. The molecule has 1 saturated carbocycles. The molecule has 1 unspecified atom stereocenters. The van der Waals surface area contributed by atoms with E-state index in [0.29, 0.717) is 22.9 Å². The fourth-order valence-electron chi connectivity index (χ4n) is 4.64. The summed E-state index contributed by atoms with van der Waals surface area (Å²) in [5.41, 5.74) is 0.993. The summed E-state index contributed by atoms with van der Waals surface area (Å²) in [6.07, 6.45) is 6.83. The van der Waals surface area contributed by atoms with E-state index in [2.05, 4.69) is 44.8 Å². The van der Waals surface area contributed by atoms with E-state index < -0.39 is 0 Å². The van der Waals surface area contributed by atoms with Crippen molar-refractivity contribution in [3.63, 3.8) is 0 Å². The van der Waals surface area contributed by atoms with Crippen LogP contribution < -0.4 is 5.32 Å². The van der Waals surface area contributed by atoms with Gasteiger partial charge in [-0.2, -0.15) is 0 Å². The zero-order valence-electron chi connectivity index (χ0n) is 13.8. The van der Waals surface area contributed by atoms with Crippen LogP contribution in [0.5, 0.6) is 0 Å². The molecule has 1 heterocycles. The van der Waals surface area contributed by atoms with Crippen LogP contribution in [0.2, 0.25) is 0 Å². The molecular formula is C17H34N2. The minimum atomic E-state index is 0.496. The lowest BCUT2D eigenvalue weighted by atomic mass is 9.63. The van der Waals surface area contributed by atoms with Gasteiger partial charge in [-0.25, -0.2) is 0 Å². The van der Waals surface area contributed by atoms with Crippen molar-refractivity contribution in [2.75, 3.05) is 19.6 Å². The van der Waals surface area contributed by atoms with E-state index in [4.69, 9.17) is 0 Å². The molecule has 0 aromatic carbocycles. The standard InChI is InChI=1S/C17H34N2/c1-14(19-8-6-7-9-19)12-18-15-10-16(2,3)13-17(4,5)11-15/h14-15,18H,6-13H2,1-5H3. The summed E-state index contributed by atoms with van der Waals surface area (Å²) in [5, 5.41) is 3.87. The van der Waals surface area contributed by atoms with E-state index in [9.17, 15) is 0 Å². The Morgan fingerprint density at radius 3 is 2.11 bits per heavy atom. The summed E-state index contributed by atoms with van der Waals surface area (Å²) < 4.78 is 0. The minimum absolute atomic E-state index is 0.496. The molecule has 2 rings (SSSR count). The van der Waals surface area contributed by atoms with Crippen LogP contribution in [0, 0.1) is 10.8 Å². The summed E-state index contributed by atoms with van der Waals surface area (Å²) in [6, 6.07) is 1.42. The van der Waals surface area contributed by atoms with Crippen molar-refractivity contribution in [1.29, 1.82) is 0 Å². The summed E-state index contributed by atoms with van der Waals surface area (Å²) in [5.74, 6) is 0. The van der Waals surface area contributed by atoms with E-state index in [1.54, 1.807) is 0 Å². The second kappa shape index (κ2) is 5.73. The predicted octanol–water partition coefficient (Wildman–Crippen LogP) is 3.67. The Kier molecular flexibility index (Phi) is 4.62. The first-order valence-electron chi connectivity index (χ1n) is 8.25. The maximum atomic E-state index is 3.87. The lowest BCUT2D eigenvalue weighted by Crippen LogP contribution is -2.48. The molecule has 0 spiro atoms. The molecule has 1 saturated heterocycles. The highest BCUT2D eigenvalue weighted by atomic mass is 15.2. The molecule has 0 aromatic heterocycles. The van der Waals surface area contributed by atoms with E-state index in [1.807, 2.05) is 0 Å². The van der Waals surface area contributed by atoms with Crippen LogP contribution in [0.1, 0.15) is 66.7 Å². The topological polar surface area (TPSA) is 15.3 Å². The van der Waals surface area contributed by atoms with Crippen molar-refractivity contribution >= 4 is 0 Å². The van der Waals surface area contributed by atoms with Gasteiger partial charge in [0, 0.05) is 18.6 Å². The molecule has 0 aromatic rings. The highest BCUT2D eigenvalue weighted by Crippen LogP contribution is 2.45. The Morgan fingerprint density at radius 1 is 1.05 bits per heavy atom. The molecule has 0 radical (unpaired) electrons. The van der Waals surface area contributed by atoms with Gasteiger partial charge in [0.2, 0.25) is 0 Å². The van der Waals surface area contributed by atoms with Gasteiger partial charge in [0.05, 0.1) is 0 Å². The van der Waals surface area contributed by atoms with E-state index in [0.717, 1.165) is 6.54 Å². The summed E-state index contributed by atoms with van der Waals surface area (Å²) in [4.78, 5) is 2.64. The molecule has 112 valence electrons. The summed E-state index contributed by atoms with van der Waals surface area (Å²) >= 11 is 0. The minimum Gasteiger partial charge on any atom is -0.312 e. The average molecular weight is 266 g/mol. The number of rotatable bonds is 4. The molecule has 2 aliphatic rings. The van der Waals surface area contributed by atoms with Gasteiger partial charge in [-0.3, -0.25) is 4.90 Å². The van der Waals surface area contributed by atoms with Crippen LogP contribution in [0.25, 0.3) is 0 Å². The Labute approximate surface area is 120 Å². The first-order chi connectivity index (χ1) is 8.77. The van der Waals surface area contributed by atoms with Crippen LogP contribution in [0.4, 0.5) is 0 Å². The molecule has 19 heavy (non-hydrogen) atoms. The highest BCUT2D eigenvalue weighted by molar-refractivity contribution is 4.92. The summed E-state index contributed by atoms with van der Waals surface area (Å²) in [6.45, 7) is 15.9. The van der Waals surface area contributed by atoms with Gasteiger partial charge in [-0.05, 0) is 62.9 Å². The van der Waals surface area contributed by atoms with Crippen LogP contribution in [-0.4, -0.2) is 36.6 Å². The first kappa shape index (κ1) is 15.3. The average Bonchev–Trinajstić information content (AvgIpc) is 2.74. The Hall–Kier alpha value is -0.0800. The molecule has 2 heteroatoms. The van der Waals surface area contributed by atoms with Crippen molar-refractivity contribution < 1.29 is 0 Å². The molecule has 2 nitrogen and oxygen atoms in total. The maximum Gasteiger partial charge on any atom is 0.0192 e. The quantitative estimate of drug-likeness (QED) is 0.835. The largest absolute Gasteiger partial charge is 0.312 e. The van der Waals surface area contributed by atoms with Gasteiger partial charge in [0.25, 0.3) is 0 Å². The molecule has 0 bridgehead atoms. The SMILES string of the molecule is CC(CNC1CC(C)(C)CC(C)(C)C1)N1CCCC1. The van der Waals surface area contributed by atoms with Gasteiger partial charge >= 0.3 is 0 Å². The number of hydrogen-bond acceptors (Lipinski definition) is 2. The molecule has 1 aliphatic carbocycles. The van der Waals surface area contributed by atoms with Gasteiger partial charge in [-0.1, -0.05) is 27.7 Å².